The molecule has 0 saturated carbocycles. The summed E-state index contributed by atoms with van der Waals surface area (Å²) in [5.41, 5.74) is 9.36. The van der Waals surface area contributed by atoms with Gasteiger partial charge in [-0.05, 0) is 85.8 Å². The van der Waals surface area contributed by atoms with Crippen LogP contribution in [0.5, 0.6) is 11.5 Å². The molecule has 0 amide bonds. The van der Waals surface area contributed by atoms with E-state index in [-0.39, 0.29) is 31.9 Å². The van der Waals surface area contributed by atoms with Gasteiger partial charge >= 0.3 is 21.1 Å². The van der Waals surface area contributed by atoms with Gasteiger partial charge in [-0.1, -0.05) is 134 Å². The number of pyridine rings is 1. The minimum absolute atomic E-state index is 0. The molecular weight excluding hydrogens is 914 g/mol. The molecule has 0 atom stereocenters. The van der Waals surface area contributed by atoms with E-state index in [1.807, 2.05) is 81.7 Å². The molecule has 0 saturated heterocycles. The molecule has 0 fully saturated rings. The molecule has 9 rings (SSSR count). The van der Waals surface area contributed by atoms with E-state index in [1.165, 1.54) is 21.4 Å². The van der Waals surface area contributed by atoms with Crippen LogP contribution in [-0.2, 0) is 38.3 Å². The number of ether oxygens (including phenoxy) is 1. The van der Waals surface area contributed by atoms with Crippen molar-refractivity contribution in [2.45, 2.75) is 79.5 Å². The quantitative estimate of drug-likeness (QED) is 0.156. The smallest absolute Gasteiger partial charge is 0.496 e. The molecule has 0 aliphatic heterocycles. The first-order chi connectivity index (χ1) is 27.9. The zero-order valence-corrected chi connectivity index (χ0v) is 37.4. The monoisotopic (exact) mass is 962 g/mol. The molecule has 0 N–H and O–H groups in total. The predicted molar refractivity (Wildman–Crippen MR) is 237 cm³/mol. The van der Waals surface area contributed by atoms with E-state index in [4.69, 9.17) is 21.9 Å². The summed E-state index contributed by atoms with van der Waals surface area (Å²) in [6.45, 7) is 19.1. The van der Waals surface area contributed by atoms with Crippen molar-refractivity contribution < 1.29 is 33.0 Å². The molecule has 294 valence electrons. The second kappa shape index (κ2) is 14.7. The van der Waals surface area contributed by atoms with Gasteiger partial charge in [-0.15, -0.1) is 40.7 Å². The number of rotatable bonds is 6. The van der Waals surface area contributed by atoms with Crippen LogP contribution in [0.25, 0.3) is 70.8 Å². The zero-order valence-electron chi connectivity index (χ0n) is 36.3. The van der Waals surface area contributed by atoms with Crippen LogP contribution in [0.4, 0.5) is 0 Å². The first kappa shape index (κ1) is 37.3. The van der Waals surface area contributed by atoms with Gasteiger partial charge < -0.3 is 18.5 Å². The largest absolute Gasteiger partial charge is 2.00 e. The van der Waals surface area contributed by atoms with Crippen molar-refractivity contribution in [1.29, 1.82) is 0 Å². The molecular formula is C51H47N3O2PtS. The standard InChI is InChI=1S/C51H47N3O2S.Pt/c1-49(2,3)29-31-17-19-38-43(23-31)56-44-28-36(27-39(47(38)44)41-26-34(21-22-52-41)50(4,5)6)55-35-14-12-13-33(24-35)48-53-30-46-54(48)42-20-18-32(25-45(42)57-46)37-15-10-11-16-40(37)51(7,8)9;/h10-23,25-26,28,30H,29H2,1-9H3;/q-2;+2/i29D2;. The van der Waals surface area contributed by atoms with E-state index < -0.39 is 11.8 Å². The average Bonchev–Trinajstić information content (AvgIpc) is 3.88. The summed E-state index contributed by atoms with van der Waals surface area (Å²) < 4.78 is 34.4. The number of nitrogens with zero attached hydrogens (tertiary/aromatic N) is 3. The van der Waals surface area contributed by atoms with E-state index in [2.05, 4.69) is 107 Å². The molecule has 4 heterocycles. The predicted octanol–water partition coefficient (Wildman–Crippen LogP) is 14.4. The van der Waals surface area contributed by atoms with Crippen molar-refractivity contribution in [1.82, 2.24) is 14.4 Å². The molecule has 4 aromatic heterocycles. The van der Waals surface area contributed by atoms with Gasteiger partial charge in [0.05, 0.1) is 27.8 Å². The van der Waals surface area contributed by atoms with Crippen LogP contribution < -0.4 is 4.74 Å². The Bertz CT molecular complexity index is 3080. The number of furan rings is 1. The third-order valence-corrected chi connectivity index (χ3v) is 11.3. The van der Waals surface area contributed by atoms with Crippen LogP contribution in [0, 0.1) is 17.5 Å². The molecule has 5 aromatic carbocycles. The number of benzene rings is 5. The Morgan fingerprint density at radius 1 is 0.776 bits per heavy atom. The molecule has 0 radical (unpaired) electrons. The van der Waals surface area contributed by atoms with Gasteiger partial charge in [0, 0.05) is 20.4 Å². The SMILES string of the molecule is [2H]C([2H])(c1ccc2c(c1)oc1cc(Oc3[c-]c(-c4ncc5sc6cc(-c7ccccc7C(C)(C)C)ccc6n45)ccc3)[c-]c(-c3cc(C(C)(C)C)ccn3)c12)C(C)(C)C.[Pt+2]. The van der Waals surface area contributed by atoms with Crippen molar-refractivity contribution in [3.8, 4) is 45.3 Å². The summed E-state index contributed by atoms with van der Waals surface area (Å²) in [4.78, 5) is 10.7. The third kappa shape index (κ3) is 7.53. The fourth-order valence-electron chi connectivity index (χ4n) is 7.64. The maximum atomic E-state index is 8.94. The normalized spacial score (nSPS) is 13.3. The summed E-state index contributed by atoms with van der Waals surface area (Å²) in [5, 5.41) is 1.71. The van der Waals surface area contributed by atoms with Gasteiger partial charge in [0.1, 0.15) is 10.4 Å². The van der Waals surface area contributed by atoms with Gasteiger partial charge in [-0.25, -0.2) is 0 Å². The number of aromatic nitrogens is 3. The topological polar surface area (TPSA) is 52.6 Å². The van der Waals surface area contributed by atoms with Gasteiger partial charge in [0.15, 0.2) is 0 Å². The first-order valence-electron chi connectivity index (χ1n) is 20.5. The molecule has 0 aliphatic carbocycles. The Hall–Kier alpha value is -5.03. The van der Waals surface area contributed by atoms with E-state index in [0.29, 0.717) is 28.2 Å². The van der Waals surface area contributed by atoms with E-state index in [9.17, 15) is 0 Å². The fraction of sp³-hybridized carbons (Fsp3) is 0.255. The molecule has 5 nitrogen and oxygen atoms in total. The van der Waals surface area contributed by atoms with Crippen molar-refractivity contribution in [3.63, 3.8) is 0 Å². The average molecular weight is 963 g/mol. The van der Waals surface area contributed by atoms with Crippen LogP contribution in [0.3, 0.4) is 0 Å². The summed E-state index contributed by atoms with van der Waals surface area (Å²) in [6.07, 6.45) is 2.18. The van der Waals surface area contributed by atoms with Crippen molar-refractivity contribution in [2.24, 2.45) is 5.41 Å². The number of hydrogen-bond acceptors (Lipinski definition) is 5. The molecule has 9 aromatic rings. The van der Waals surface area contributed by atoms with Gasteiger partial charge in [-0.2, -0.15) is 0 Å². The Balaban J connectivity index is 0.00000499. The molecule has 58 heavy (non-hydrogen) atoms. The number of thiazole rings is 1. The van der Waals surface area contributed by atoms with Crippen LogP contribution >= 0.6 is 11.3 Å². The molecule has 0 bridgehead atoms. The van der Waals surface area contributed by atoms with Crippen molar-refractivity contribution >= 4 is 48.3 Å². The fourth-order valence-corrected chi connectivity index (χ4v) is 8.70. The Morgan fingerprint density at radius 2 is 1.59 bits per heavy atom. The molecule has 7 heteroatoms. The Kier molecular flexibility index (Phi) is 9.41. The minimum Gasteiger partial charge on any atom is -0.496 e. The van der Waals surface area contributed by atoms with E-state index in [1.54, 1.807) is 11.3 Å². The Labute approximate surface area is 362 Å². The van der Waals surface area contributed by atoms with E-state index in [0.717, 1.165) is 49.3 Å². The van der Waals surface area contributed by atoms with Crippen LogP contribution in [0.2, 0.25) is 0 Å². The molecule has 0 spiro atoms. The summed E-state index contributed by atoms with van der Waals surface area (Å²) in [7, 11) is 0. The maximum absolute atomic E-state index is 8.94. The van der Waals surface area contributed by atoms with Gasteiger partial charge in [-0.3, -0.25) is 4.98 Å². The minimum atomic E-state index is -1.58. The number of imidazole rings is 1. The summed E-state index contributed by atoms with van der Waals surface area (Å²) >= 11 is 1.73. The van der Waals surface area contributed by atoms with E-state index >= 15 is 0 Å². The van der Waals surface area contributed by atoms with Crippen molar-refractivity contribution in [2.75, 3.05) is 0 Å². The van der Waals surface area contributed by atoms with Gasteiger partial charge in [0.2, 0.25) is 0 Å². The molecule has 0 aliphatic rings. The summed E-state index contributed by atoms with van der Waals surface area (Å²) in [6, 6.07) is 39.9. The van der Waals surface area contributed by atoms with Crippen LogP contribution in [0.15, 0.2) is 114 Å². The third-order valence-electron chi connectivity index (χ3n) is 10.3. The summed E-state index contributed by atoms with van der Waals surface area (Å²) in [5.74, 6) is 1.74. The first-order valence-corrected chi connectivity index (χ1v) is 20.3. The van der Waals surface area contributed by atoms with Crippen molar-refractivity contribution in [3.05, 3.63) is 138 Å². The second-order valence-corrected chi connectivity index (χ2v) is 19.0. The Morgan fingerprint density at radius 3 is 2.36 bits per heavy atom. The molecule has 0 unspecified atom stereocenters. The van der Waals surface area contributed by atoms with Crippen LogP contribution in [0.1, 0.15) is 81.7 Å². The van der Waals surface area contributed by atoms with Crippen LogP contribution in [-0.4, -0.2) is 14.4 Å². The zero-order chi connectivity index (χ0) is 41.6. The maximum Gasteiger partial charge on any atom is 2.00 e. The van der Waals surface area contributed by atoms with Gasteiger partial charge in [0.25, 0.3) is 0 Å². The number of hydrogen-bond donors (Lipinski definition) is 0. The number of fused-ring (bicyclic) bond motifs is 6. The second-order valence-electron chi connectivity index (χ2n) is 18.0.